The number of thiophene rings is 1. The number of benzene rings is 1. The lowest BCUT2D eigenvalue weighted by atomic mass is 10.1. The highest BCUT2D eigenvalue weighted by atomic mass is 32.1. The molecular weight excluding hydrogens is 406 g/mol. The fourth-order valence-electron chi connectivity index (χ4n) is 3.92. The van der Waals surface area contributed by atoms with E-state index in [9.17, 15) is 14.4 Å². The van der Waals surface area contributed by atoms with Crippen molar-refractivity contribution in [2.45, 2.75) is 38.2 Å². The molecule has 0 atom stereocenters. The molecule has 2 heterocycles. The summed E-state index contributed by atoms with van der Waals surface area (Å²) in [6.45, 7) is 0.00177. The SMILES string of the molecule is COC(=O)CCN1C(=O)c2csc(-c3ccc(OC)c(OC4CCCC4)c3)c2C1=O. The van der Waals surface area contributed by atoms with Crippen LogP contribution in [0.5, 0.6) is 11.5 Å². The topological polar surface area (TPSA) is 82.1 Å². The van der Waals surface area contributed by atoms with Crippen LogP contribution in [0.3, 0.4) is 0 Å². The Morgan fingerprint density at radius 2 is 1.90 bits per heavy atom. The minimum absolute atomic E-state index is 0.00177. The molecule has 0 radical (unpaired) electrons. The summed E-state index contributed by atoms with van der Waals surface area (Å²) in [5.41, 5.74) is 1.55. The molecule has 2 amide bonds. The molecule has 8 heteroatoms. The van der Waals surface area contributed by atoms with Crippen molar-refractivity contribution in [2.75, 3.05) is 20.8 Å². The number of methoxy groups -OCH3 is 2. The van der Waals surface area contributed by atoms with Crippen LogP contribution in [0.15, 0.2) is 23.6 Å². The Hall–Kier alpha value is -2.87. The van der Waals surface area contributed by atoms with Crippen molar-refractivity contribution in [1.82, 2.24) is 4.90 Å². The number of carbonyl (C=O) groups excluding carboxylic acids is 3. The molecule has 7 nitrogen and oxygen atoms in total. The van der Waals surface area contributed by atoms with E-state index in [1.165, 1.54) is 18.4 Å². The van der Waals surface area contributed by atoms with E-state index in [-0.39, 0.29) is 30.9 Å². The second kappa shape index (κ2) is 8.47. The number of esters is 1. The number of fused-ring (bicyclic) bond motifs is 1. The molecule has 0 spiro atoms. The fourth-order valence-corrected chi connectivity index (χ4v) is 4.95. The Morgan fingerprint density at radius 3 is 2.60 bits per heavy atom. The molecule has 1 fully saturated rings. The Labute approximate surface area is 178 Å². The first-order valence-electron chi connectivity index (χ1n) is 9.93. The van der Waals surface area contributed by atoms with Gasteiger partial charge in [-0.3, -0.25) is 19.3 Å². The maximum atomic E-state index is 13.0. The number of carbonyl (C=O) groups is 3. The van der Waals surface area contributed by atoms with Gasteiger partial charge in [0.15, 0.2) is 11.5 Å². The van der Waals surface area contributed by atoms with E-state index in [1.807, 2.05) is 18.2 Å². The standard InChI is InChI=1S/C22H23NO6S/c1-27-16-8-7-13(11-17(16)29-14-5-3-4-6-14)20-19-15(12-30-20)21(25)23(22(19)26)10-9-18(24)28-2/h7-8,11-12,14H,3-6,9-10H2,1-2H3. The third kappa shape index (κ3) is 3.67. The molecule has 1 aromatic heterocycles. The zero-order valence-electron chi connectivity index (χ0n) is 16.9. The Bertz CT molecular complexity index is 992. The van der Waals surface area contributed by atoms with Crippen LogP contribution in [-0.4, -0.2) is 49.6 Å². The first-order valence-corrected chi connectivity index (χ1v) is 10.8. The second-order valence-electron chi connectivity index (χ2n) is 7.33. The van der Waals surface area contributed by atoms with Crippen molar-refractivity contribution < 1.29 is 28.6 Å². The summed E-state index contributed by atoms with van der Waals surface area (Å²) >= 11 is 1.35. The van der Waals surface area contributed by atoms with Gasteiger partial charge in [-0.05, 0) is 49.4 Å². The van der Waals surface area contributed by atoms with Gasteiger partial charge in [-0.25, -0.2) is 0 Å². The quantitative estimate of drug-likeness (QED) is 0.490. The van der Waals surface area contributed by atoms with Crippen molar-refractivity contribution in [2.24, 2.45) is 0 Å². The number of hydrogen-bond donors (Lipinski definition) is 0. The lowest BCUT2D eigenvalue weighted by Gasteiger charge is -2.17. The van der Waals surface area contributed by atoms with Crippen LogP contribution < -0.4 is 9.47 Å². The van der Waals surface area contributed by atoms with Crippen molar-refractivity contribution in [1.29, 1.82) is 0 Å². The average Bonchev–Trinajstić information content (AvgIpc) is 3.47. The molecule has 2 aromatic rings. The summed E-state index contributed by atoms with van der Waals surface area (Å²) in [4.78, 5) is 38.9. The summed E-state index contributed by atoms with van der Waals surface area (Å²) in [6.07, 6.45) is 4.49. The van der Waals surface area contributed by atoms with E-state index in [2.05, 4.69) is 4.74 Å². The van der Waals surface area contributed by atoms with Gasteiger partial charge >= 0.3 is 5.97 Å². The van der Waals surface area contributed by atoms with Crippen LogP contribution in [0, 0.1) is 0 Å². The van der Waals surface area contributed by atoms with E-state index >= 15 is 0 Å². The Kier molecular flexibility index (Phi) is 5.76. The number of imide groups is 1. The molecule has 1 aliphatic carbocycles. The summed E-state index contributed by atoms with van der Waals surface area (Å²) in [7, 11) is 2.88. The molecule has 0 bridgehead atoms. The highest BCUT2D eigenvalue weighted by molar-refractivity contribution is 7.14. The van der Waals surface area contributed by atoms with Gasteiger partial charge < -0.3 is 14.2 Å². The van der Waals surface area contributed by atoms with Crippen LogP contribution in [0.1, 0.15) is 52.8 Å². The minimum atomic E-state index is -0.464. The van der Waals surface area contributed by atoms with Crippen LogP contribution in [-0.2, 0) is 9.53 Å². The molecular formula is C22H23NO6S. The van der Waals surface area contributed by atoms with E-state index in [4.69, 9.17) is 9.47 Å². The molecule has 4 rings (SSSR count). The van der Waals surface area contributed by atoms with Crippen molar-refractivity contribution in [3.05, 3.63) is 34.7 Å². The second-order valence-corrected chi connectivity index (χ2v) is 8.21. The van der Waals surface area contributed by atoms with Crippen molar-refractivity contribution in [3.8, 4) is 21.9 Å². The molecule has 30 heavy (non-hydrogen) atoms. The molecule has 0 unspecified atom stereocenters. The maximum Gasteiger partial charge on any atom is 0.307 e. The predicted molar refractivity (Wildman–Crippen MR) is 111 cm³/mol. The minimum Gasteiger partial charge on any atom is -0.493 e. The number of nitrogens with zero attached hydrogens (tertiary/aromatic N) is 1. The van der Waals surface area contributed by atoms with Gasteiger partial charge in [0.05, 0.1) is 37.9 Å². The molecule has 1 aliphatic heterocycles. The first kappa shape index (κ1) is 20.4. The number of ether oxygens (including phenoxy) is 3. The molecule has 0 saturated heterocycles. The average molecular weight is 429 g/mol. The van der Waals surface area contributed by atoms with Gasteiger partial charge in [0.25, 0.3) is 11.8 Å². The summed E-state index contributed by atoms with van der Waals surface area (Å²) in [6, 6.07) is 5.56. The smallest absolute Gasteiger partial charge is 0.307 e. The fraction of sp³-hybridized carbons (Fsp3) is 0.409. The number of amides is 2. The molecule has 1 aromatic carbocycles. The molecule has 0 N–H and O–H groups in total. The molecule has 2 aliphatic rings. The zero-order chi connectivity index (χ0) is 21.3. The molecule has 158 valence electrons. The van der Waals surface area contributed by atoms with Crippen molar-refractivity contribution >= 4 is 29.1 Å². The third-order valence-electron chi connectivity index (χ3n) is 5.51. The lowest BCUT2D eigenvalue weighted by Crippen LogP contribution is -2.32. The monoisotopic (exact) mass is 429 g/mol. The van der Waals surface area contributed by atoms with Crippen LogP contribution in [0.4, 0.5) is 0 Å². The lowest BCUT2D eigenvalue weighted by molar-refractivity contribution is -0.140. The highest BCUT2D eigenvalue weighted by Gasteiger charge is 2.39. The van der Waals surface area contributed by atoms with Gasteiger partial charge in [0.2, 0.25) is 0 Å². The van der Waals surface area contributed by atoms with Crippen LogP contribution >= 0.6 is 11.3 Å². The summed E-state index contributed by atoms with van der Waals surface area (Å²) in [5, 5.41) is 1.70. The van der Waals surface area contributed by atoms with Gasteiger partial charge in [-0.1, -0.05) is 0 Å². The van der Waals surface area contributed by atoms with E-state index in [1.54, 1.807) is 12.5 Å². The third-order valence-corrected chi connectivity index (χ3v) is 6.54. The Morgan fingerprint density at radius 1 is 1.13 bits per heavy atom. The maximum absolute atomic E-state index is 13.0. The van der Waals surface area contributed by atoms with Crippen LogP contribution in [0.2, 0.25) is 0 Å². The van der Waals surface area contributed by atoms with Crippen LogP contribution in [0.25, 0.3) is 10.4 Å². The van der Waals surface area contributed by atoms with E-state index in [0.29, 0.717) is 27.5 Å². The van der Waals surface area contributed by atoms with Crippen molar-refractivity contribution in [3.63, 3.8) is 0 Å². The predicted octanol–water partition coefficient (Wildman–Crippen LogP) is 3.90. The summed E-state index contributed by atoms with van der Waals surface area (Å²) < 4.78 is 16.2. The van der Waals surface area contributed by atoms with E-state index < -0.39 is 5.97 Å². The van der Waals surface area contributed by atoms with E-state index in [0.717, 1.165) is 36.1 Å². The summed E-state index contributed by atoms with van der Waals surface area (Å²) in [5.74, 6) is 0.0555. The normalized spacial score (nSPS) is 16.1. The van der Waals surface area contributed by atoms with Gasteiger partial charge in [0.1, 0.15) is 0 Å². The number of rotatable bonds is 7. The van der Waals surface area contributed by atoms with Gasteiger partial charge in [0, 0.05) is 16.8 Å². The van der Waals surface area contributed by atoms with Gasteiger partial charge in [-0.2, -0.15) is 0 Å². The number of hydrogen-bond acceptors (Lipinski definition) is 7. The Balaban J connectivity index is 1.63. The highest BCUT2D eigenvalue weighted by Crippen LogP contribution is 2.42. The van der Waals surface area contributed by atoms with Gasteiger partial charge in [-0.15, -0.1) is 11.3 Å². The zero-order valence-corrected chi connectivity index (χ0v) is 17.8. The molecule has 1 saturated carbocycles. The first-order chi connectivity index (χ1) is 14.5. The largest absolute Gasteiger partial charge is 0.493 e.